The second-order valence-electron chi connectivity index (χ2n) is 15.8. The molecule has 1 fully saturated rings. The van der Waals surface area contributed by atoms with E-state index in [4.69, 9.17) is 15.2 Å². The fourth-order valence-corrected chi connectivity index (χ4v) is 8.90. The van der Waals surface area contributed by atoms with Crippen molar-refractivity contribution in [3.05, 3.63) is 99.0 Å². The number of primary amides is 1. The lowest BCUT2D eigenvalue weighted by Crippen LogP contribution is -2.50. The van der Waals surface area contributed by atoms with E-state index in [0.29, 0.717) is 51.1 Å². The summed E-state index contributed by atoms with van der Waals surface area (Å²) >= 11 is 0. The van der Waals surface area contributed by atoms with Crippen LogP contribution in [0.25, 0.3) is 11.0 Å². The molecule has 0 bridgehead atoms. The molecule has 4 aromatic rings. The molecule has 1 aromatic heterocycles. The van der Waals surface area contributed by atoms with Gasteiger partial charge in [-0.15, -0.1) is 0 Å². The van der Waals surface area contributed by atoms with Gasteiger partial charge in [0.05, 0.1) is 30.4 Å². The average molecular weight is 781 g/mol. The molecule has 13 nitrogen and oxygen atoms in total. The average Bonchev–Trinajstić information content (AvgIpc) is 3.63. The van der Waals surface area contributed by atoms with E-state index in [1.54, 1.807) is 11.6 Å². The van der Waals surface area contributed by atoms with E-state index in [-0.39, 0.29) is 48.5 Å². The third kappa shape index (κ3) is 9.17. The SMILES string of the molecule is C[C@@H](OCc1ccc(CCOCCCc2cccc3c2n(C)c(=O)n3C2CCC(=O)NC2=O)cc1)[C@H](CCC(N)=O)NC[C@@H]1Cc2cccc3c2N1C(O)CCC3. The van der Waals surface area contributed by atoms with Crippen molar-refractivity contribution in [2.45, 2.75) is 115 Å². The van der Waals surface area contributed by atoms with Crippen molar-refractivity contribution in [3.8, 4) is 0 Å². The van der Waals surface area contributed by atoms with Crippen molar-refractivity contribution in [2.75, 3.05) is 24.7 Å². The topological polar surface area (TPSA) is 170 Å². The number of aromatic nitrogens is 2. The third-order valence-corrected chi connectivity index (χ3v) is 11.9. The van der Waals surface area contributed by atoms with Crippen LogP contribution in [-0.2, 0) is 63.2 Å². The maximum Gasteiger partial charge on any atom is 0.329 e. The van der Waals surface area contributed by atoms with Gasteiger partial charge < -0.3 is 30.5 Å². The van der Waals surface area contributed by atoms with Crippen molar-refractivity contribution in [3.63, 3.8) is 0 Å². The van der Waals surface area contributed by atoms with Gasteiger partial charge in [0.15, 0.2) is 0 Å². The lowest BCUT2D eigenvalue weighted by Gasteiger charge is -2.34. The number of aliphatic hydroxyl groups is 1. The molecule has 0 saturated carbocycles. The highest BCUT2D eigenvalue weighted by Crippen LogP contribution is 2.40. The lowest BCUT2D eigenvalue weighted by atomic mass is 10.0. The summed E-state index contributed by atoms with van der Waals surface area (Å²) < 4.78 is 15.5. The number of hydrogen-bond donors (Lipinski definition) is 4. The van der Waals surface area contributed by atoms with Crippen LogP contribution < -0.4 is 27.0 Å². The Balaban J connectivity index is 0.859. The monoisotopic (exact) mass is 780 g/mol. The van der Waals surface area contributed by atoms with Crippen LogP contribution >= 0.6 is 0 Å². The maximum atomic E-state index is 13.2. The van der Waals surface area contributed by atoms with Gasteiger partial charge in [-0.05, 0) is 98.6 Å². The smallest absolute Gasteiger partial charge is 0.329 e. The molecule has 2 unspecified atom stereocenters. The number of carbonyl (C=O) groups is 3. The fourth-order valence-electron chi connectivity index (χ4n) is 8.90. The molecule has 3 aliphatic heterocycles. The summed E-state index contributed by atoms with van der Waals surface area (Å²) in [7, 11) is 1.72. The van der Waals surface area contributed by atoms with Crippen LogP contribution in [-0.4, -0.2) is 76.1 Å². The molecule has 7 rings (SSSR count). The molecule has 4 heterocycles. The summed E-state index contributed by atoms with van der Waals surface area (Å²) in [5, 5.41) is 17.1. The Labute approximate surface area is 333 Å². The molecule has 304 valence electrons. The predicted octanol–water partition coefficient (Wildman–Crippen LogP) is 3.72. The second kappa shape index (κ2) is 18.2. The van der Waals surface area contributed by atoms with Crippen LogP contribution in [0.3, 0.4) is 0 Å². The van der Waals surface area contributed by atoms with Gasteiger partial charge in [0.1, 0.15) is 12.3 Å². The first-order valence-electron chi connectivity index (χ1n) is 20.5. The Morgan fingerprint density at radius 3 is 2.54 bits per heavy atom. The summed E-state index contributed by atoms with van der Waals surface area (Å²) in [6.45, 7) is 4.28. The summed E-state index contributed by atoms with van der Waals surface area (Å²) in [6, 6.07) is 19.9. The molecule has 5 N–H and O–H groups in total. The van der Waals surface area contributed by atoms with Crippen LogP contribution in [0.2, 0.25) is 0 Å². The molecular weight excluding hydrogens is 725 g/mol. The van der Waals surface area contributed by atoms with Gasteiger partial charge in [-0.3, -0.25) is 28.8 Å². The number of aliphatic hydroxyl groups excluding tert-OH is 1. The molecule has 3 aliphatic rings. The van der Waals surface area contributed by atoms with Crippen LogP contribution in [0.5, 0.6) is 0 Å². The number of aryl methyl sites for hydroxylation is 3. The number of para-hydroxylation sites is 2. The van der Waals surface area contributed by atoms with Gasteiger partial charge in [0.2, 0.25) is 17.7 Å². The van der Waals surface area contributed by atoms with Gasteiger partial charge in [0.25, 0.3) is 0 Å². The Kier molecular flexibility index (Phi) is 12.9. The van der Waals surface area contributed by atoms with E-state index in [1.807, 2.05) is 25.1 Å². The third-order valence-electron chi connectivity index (χ3n) is 11.9. The van der Waals surface area contributed by atoms with E-state index >= 15 is 0 Å². The number of carbonyl (C=O) groups excluding carboxylic acids is 3. The molecular formula is C44H56N6O7. The number of rotatable bonds is 18. The van der Waals surface area contributed by atoms with Gasteiger partial charge in [0, 0.05) is 50.8 Å². The van der Waals surface area contributed by atoms with Crippen LogP contribution in [0, 0.1) is 0 Å². The lowest BCUT2D eigenvalue weighted by molar-refractivity contribution is -0.135. The Morgan fingerprint density at radius 1 is 0.982 bits per heavy atom. The number of benzene rings is 3. The Hall–Kier alpha value is -4.82. The molecule has 3 aromatic carbocycles. The van der Waals surface area contributed by atoms with Crippen LogP contribution in [0.15, 0.2) is 65.5 Å². The Morgan fingerprint density at radius 2 is 1.75 bits per heavy atom. The van der Waals surface area contributed by atoms with Crippen molar-refractivity contribution >= 4 is 34.4 Å². The van der Waals surface area contributed by atoms with E-state index in [2.05, 4.69) is 58.0 Å². The number of amides is 3. The molecule has 0 aliphatic carbocycles. The molecule has 5 atom stereocenters. The number of nitrogens with one attached hydrogen (secondary N) is 2. The predicted molar refractivity (Wildman–Crippen MR) is 218 cm³/mol. The zero-order valence-corrected chi connectivity index (χ0v) is 33.1. The summed E-state index contributed by atoms with van der Waals surface area (Å²) in [5.74, 6) is -1.08. The zero-order valence-electron chi connectivity index (χ0n) is 33.1. The number of anilines is 1. The normalized spacial score (nSPS) is 20.3. The molecule has 0 radical (unpaired) electrons. The first-order chi connectivity index (χ1) is 27.6. The first kappa shape index (κ1) is 40.4. The minimum absolute atomic E-state index is 0.0834. The minimum atomic E-state index is -0.705. The highest BCUT2D eigenvalue weighted by Gasteiger charge is 2.37. The van der Waals surface area contributed by atoms with Crippen LogP contribution in [0.4, 0.5) is 5.69 Å². The number of nitrogens with zero attached hydrogens (tertiary/aromatic N) is 3. The fraction of sp³-hybridized carbons (Fsp3) is 0.500. The number of piperidine rings is 1. The highest BCUT2D eigenvalue weighted by molar-refractivity contribution is 6.00. The zero-order chi connectivity index (χ0) is 40.1. The Bertz CT molecular complexity index is 2130. The van der Waals surface area contributed by atoms with E-state index in [9.17, 15) is 24.3 Å². The number of ether oxygens (including phenoxy) is 2. The van der Waals surface area contributed by atoms with Crippen molar-refractivity contribution in [1.29, 1.82) is 0 Å². The number of fused-ring (bicyclic) bond motifs is 1. The van der Waals surface area contributed by atoms with E-state index in [0.717, 1.165) is 55.2 Å². The second-order valence-corrected chi connectivity index (χ2v) is 15.8. The molecule has 57 heavy (non-hydrogen) atoms. The van der Waals surface area contributed by atoms with E-state index in [1.165, 1.54) is 26.9 Å². The van der Waals surface area contributed by atoms with Gasteiger partial charge in [-0.1, -0.05) is 54.6 Å². The minimum Gasteiger partial charge on any atom is -0.381 e. The van der Waals surface area contributed by atoms with Gasteiger partial charge in [-0.2, -0.15) is 0 Å². The molecule has 13 heteroatoms. The number of hydrogen-bond acceptors (Lipinski definition) is 9. The number of imide groups is 1. The summed E-state index contributed by atoms with van der Waals surface area (Å²) in [5.41, 5.74) is 13.8. The van der Waals surface area contributed by atoms with Gasteiger partial charge >= 0.3 is 5.69 Å². The van der Waals surface area contributed by atoms with Crippen molar-refractivity contribution < 1.29 is 29.0 Å². The molecule has 3 amide bonds. The standard InChI is InChI=1S/C44H56N6O7/c1-28(35(18-20-38(45)51)46-26-34-25-33-10-3-7-31-9-5-13-40(53)49(34)41(31)33)57-27-30-16-14-29(15-17-30)22-24-56-23-6-11-32-8-4-12-36-42(32)48(2)44(55)50(36)37-19-21-39(52)47-43(37)54/h3-4,7-8,10,12,14-17,28,34-35,37,40,46,53H,5-6,9,11,13,18-27H2,1-2H3,(H2,45,51)(H,47,52,54)/t28-,34+,35+,37?,40?/m1/s1. The molecule has 1 saturated heterocycles. The maximum absolute atomic E-state index is 13.2. The van der Waals surface area contributed by atoms with Crippen molar-refractivity contribution in [2.24, 2.45) is 12.8 Å². The quantitative estimate of drug-likeness (QED) is 0.0869. The first-order valence-corrected chi connectivity index (χ1v) is 20.5. The molecule has 0 spiro atoms. The summed E-state index contributed by atoms with van der Waals surface area (Å²) in [4.78, 5) is 51.4. The number of nitrogens with two attached hydrogens (primary N) is 1. The van der Waals surface area contributed by atoms with Crippen LogP contribution in [0.1, 0.15) is 85.7 Å². The van der Waals surface area contributed by atoms with Gasteiger partial charge in [-0.25, -0.2) is 4.79 Å². The number of imidazole rings is 1. The van der Waals surface area contributed by atoms with E-state index < -0.39 is 18.2 Å². The largest absolute Gasteiger partial charge is 0.381 e. The van der Waals surface area contributed by atoms with Crippen molar-refractivity contribution in [1.82, 2.24) is 19.8 Å². The summed E-state index contributed by atoms with van der Waals surface area (Å²) in [6.07, 6.45) is 6.49. The highest BCUT2D eigenvalue weighted by atomic mass is 16.5.